The zero-order chi connectivity index (χ0) is 32.0. The Labute approximate surface area is 264 Å². The van der Waals surface area contributed by atoms with Crippen molar-refractivity contribution in [3.8, 4) is 17.2 Å². The lowest BCUT2D eigenvalue weighted by atomic mass is 10.1. The summed E-state index contributed by atoms with van der Waals surface area (Å²) in [7, 11) is 0. The molecule has 0 unspecified atom stereocenters. The lowest BCUT2D eigenvalue weighted by Crippen LogP contribution is -2.25. The van der Waals surface area contributed by atoms with Crippen molar-refractivity contribution in [3.05, 3.63) is 83.9 Å². The first-order chi connectivity index (χ1) is 21.4. The van der Waals surface area contributed by atoms with Crippen LogP contribution in [0.3, 0.4) is 0 Å². The topological polar surface area (TPSA) is 97.5 Å². The Kier molecular flexibility index (Phi) is 18.1. The smallest absolute Gasteiger partial charge is 0.303 e. The molecule has 0 aliphatic heterocycles. The van der Waals surface area contributed by atoms with E-state index in [1.165, 1.54) is 0 Å². The minimum Gasteiger partial charge on any atom is -0.493 e. The van der Waals surface area contributed by atoms with Crippen molar-refractivity contribution in [2.24, 2.45) is 0 Å². The van der Waals surface area contributed by atoms with Crippen LogP contribution in [0.1, 0.15) is 58.1 Å². The van der Waals surface area contributed by atoms with Gasteiger partial charge in [0.15, 0.2) is 0 Å². The van der Waals surface area contributed by atoms with Gasteiger partial charge in [0.1, 0.15) is 23.9 Å². The van der Waals surface area contributed by atoms with Gasteiger partial charge in [-0.25, -0.2) is 0 Å². The largest absolute Gasteiger partial charge is 0.493 e. The lowest BCUT2D eigenvalue weighted by Gasteiger charge is -2.18. The predicted octanol–water partition coefficient (Wildman–Crippen LogP) is 6.77. The number of aliphatic carboxylic acids is 1. The summed E-state index contributed by atoms with van der Waals surface area (Å²) >= 11 is 0. The zero-order valence-corrected chi connectivity index (χ0v) is 27.2. The molecule has 3 rings (SSSR count). The first-order valence-corrected chi connectivity index (χ1v) is 16.0. The summed E-state index contributed by atoms with van der Waals surface area (Å²) in [6.45, 7) is 17.1. The molecule has 0 heterocycles. The minimum atomic E-state index is -0.774. The maximum Gasteiger partial charge on any atom is 0.303 e. The van der Waals surface area contributed by atoms with E-state index in [1.807, 2.05) is 72.8 Å². The molecular formula is C36H53N3O5. The molecule has 8 heteroatoms. The molecule has 0 aliphatic rings. The molecule has 0 atom stereocenters. The van der Waals surface area contributed by atoms with Crippen LogP contribution in [0.15, 0.2) is 72.8 Å². The highest BCUT2D eigenvalue weighted by Gasteiger charge is 2.06. The summed E-state index contributed by atoms with van der Waals surface area (Å²) in [5, 5.41) is 8.61. The molecule has 0 radical (unpaired) electrons. The Morgan fingerprint density at radius 3 is 1.84 bits per heavy atom. The van der Waals surface area contributed by atoms with Gasteiger partial charge in [0.05, 0.1) is 18.9 Å². The number of hydrogen-bond donors (Lipinski definition) is 2. The van der Waals surface area contributed by atoms with E-state index in [0.29, 0.717) is 31.9 Å². The van der Waals surface area contributed by atoms with E-state index in [4.69, 9.17) is 25.1 Å². The molecule has 0 bridgehead atoms. The van der Waals surface area contributed by atoms with Crippen LogP contribution in [0.5, 0.6) is 17.2 Å². The summed E-state index contributed by atoms with van der Waals surface area (Å²) in [6, 6.07) is 23.2. The van der Waals surface area contributed by atoms with Gasteiger partial charge in [-0.2, -0.15) is 0 Å². The zero-order valence-electron chi connectivity index (χ0n) is 27.2. The van der Waals surface area contributed by atoms with E-state index in [9.17, 15) is 4.79 Å². The molecule has 0 fully saturated rings. The van der Waals surface area contributed by atoms with E-state index in [-0.39, 0.29) is 6.42 Å². The second-order valence-electron chi connectivity index (χ2n) is 10.5. The summed E-state index contributed by atoms with van der Waals surface area (Å²) in [6.07, 6.45) is 2.72. The quantitative estimate of drug-likeness (QED) is 0.107. The highest BCUT2D eigenvalue weighted by atomic mass is 16.5. The number of ether oxygens (including phenoxy) is 3. The molecule has 3 N–H and O–H groups in total. The first kappa shape index (κ1) is 36.4. The molecule has 0 saturated heterocycles. The van der Waals surface area contributed by atoms with Crippen molar-refractivity contribution in [3.63, 3.8) is 0 Å². The fourth-order valence-electron chi connectivity index (χ4n) is 4.50. The molecule has 8 nitrogen and oxygen atoms in total. The van der Waals surface area contributed by atoms with Crippen LogP contribution in [-0.4, -0.2) is 73.4 Å². The van der Waals surface area contributed by atoms with Crippen LogP contribution in [0.25, 0.3) is 0 Å². The molecule has 44 heavy (non-hydrogen) atoms. The van der Waals surface area contributed by atoms with Crippen LogP contribution in [0, 0.1) is 0 Å². The number of rotatable bonds is 20. The number of nitrogen functional groups attached to an aromatic ring is 1. The van der Waals surface area contributed by atoms with Gasteiger partial charge in [-0.3, -0.25) is 4.79 Å². The number of carboxylic acid groups (broad SMARTS) is 1. The Balaban J connectivity index is 0.000000317. The second kappa shape index (κ2) is 21.9. The van der Waals surface area contributed by atoms with E-state index in [1.54, 1.807) is 0 Å². The van der Waals surface area contributed by atoms with Gasteiger partial charge in [-0.15, -0.1) is 0 Å². The van der Waals surface area contributed by atoms with Gasteiger partial charge in [-0.1, -0.05) is 70.2 Å². The summed E-state index contributed by atoms with van der Waals surface area (Å²) in [4.78, 5) is 15.3. The summed E-state index contributed by atoms with van der Waals surface area (Å²) in [5.74, 6) is 1.57. The van der Waals surface area contributed by atoms with Crippen molar-refractivity contribution < 1.29 is 24.1 Å². The number of nitrogens with two attached hydrogens (primary N) is 1. The number of benzene rings is 3. The average Bonchev–Trinajstić information content (AvgIpc) is 3.05. The lowest BCUT2D eigenvalue weighted by molar-refractivity contribution is -0.136. The molecule has 242 valence electrons. The third kappa shape index (κ3) is 15.1. The van der Waals surface area contributed by atoms with Crippen molar-refractivity contribution in [1.29, 1.82) is 0 Å². The maximum absolute atomic E-state index is 10.5. The van der Waals surface area contributed by atoms with Gasteiger partial charge in [0, 0.05) is 25.6 Å². The van der Waals surface area contributed by atoms with Crippen LogP contribution < -0.4 is 19.9 Å². The normalized spacial score (nSPS) is 10.8. The van der Waals surface area contributed by atoms with Crippen molar-refractivity contribution in [2.75, 3.05) is 58.2 Å². The van der Waals surface area contributed by atoms with Gasteiger partial charge in [0.2, 0.25) is 0 Å². The maximum atomic E-state index is 10.5. The molecule has 0 saturated carbocycles. The molecule has 0 aliphatic carbocycles. The van der Waals surface area contributed by atoms with E-state index in [0.717, 1.165) is 80.5 Å². The minimum absolute atomic E-state index is 0.157. The van der Waals surface area contributed by atoms with Crippen molar-refractivity contribution in [2.45, 2.75) is 60.0 Å². The van der Waals surface area contributed by atoms with E-state index >= 15 is 0 Å². The fourth-order valence-corrected chi connectivity index (χ4v) is 4.50. The third-order valence-corrected chi connectivity index (χ3v) is 7.34. The molecule has 0 spiro atoms. The van der Waals surface area contributed by atoms with Crippen molar-refractivity contribution in [1.82, 2.24) is 9.80 Å². The SMILES string of the molecule is CCN(CC)CCCOc1ccc(N)c(OCCCN(CC)CC)c1.O=C(O)CCc1ccc(OCc2ccccc2)cc1. The standard InChI is InChI=1S/C20H37N3O2.C16H16O3/c1-5-22(6-2)13-9-15-24-18-11-12-19(21)20(17-18)25-16-10-14-23(7-3)8-4;17-16(18)11-8-13-6-9-15(10-7-13)19-12-14-4-2-1-3-5-14/h11-12,17H,5-10,13-16,21H2,1-4H3;1-7,9-10H,8,11-12H2,(H,17,18). The molecular weight excluding hydrogens is 554 g/mol. The molecule has 0 aromatic heterocycles. The second-order valence-corrected chi connectivity index (χ2v) is 10.5. The Bertz CT molecular complexity index is 1170. The van der Waals surface area contributed by atoms with Crippen LogP contribution in [-0.2, 0) is 17.8 Å². The summed E-state index contributed by atoms with van der Waals surface area (Å²) < 4.78 is 17.4. The molecule has 3 aromatic carbocycles. The number of anilines is 1. The van der Waals surface area contributed by atoms with Gasteiger partial charge in [-0.05, 0) is 80.8 Å². The van der Waals surface area contributed by atoms with Gasteiger partial charge >= 0.3 is 5.97 Å². The third-order valence-electron chi connectivity index (χ3n) is 7.34. The highest BCUT2D eigenvalue weighted by molar-refractivity contribution is 5.67. The predicted molar refractivity (Wildman–Crippen MR) is 180 cm³/mol. The van der Waals surface area contributed by atoms with Crippen LogP contribution in [0.4, 0.5) is 5.69 Å². The number of carboxylic acids is 1. The highest BCUT2D eigenvalue weighted by Crippen LogP contribution is 2.27. The van der Waals surface area contributed by atoms with Crippen molar-refractivity contribution >= 4 is 11.7 Å². The Morgan fingerprint density at radius 2 is 1.27 bits per heavy atom. The number of carbonyl (C=O) groups is 1. The van der Waals surface area contributed by atoms with Crippen LogP contribution in [0.2, 0.25) is 0 Å². The molecule has 3 aromatic rings. The molecule has 0 amide bonds. The van der Waals surface area contributed by atoms with E-state index < -0.39 is 5.97 Å². The number of nitrogens with zero attached hydrogens (tertiary/aromatic N) is 2. The van der Waals surface area contributed by atoms with Gasteiger partial charge < -0.3 is 34.9 Å². The monoisotopic (exact) mass is 607 g/mol. The number of aryl methyl sites for hydroxylation is 1. The average molecular weight is 608 g/mol. The van der Waals surface area contributed by atoms with Crippen LogP contribution >= 0.6 is 0 Å². The first-order valence-electron chi connectivity index (χ1n) is 16.0. The summed E-state index contributed by atoms with van der Waals surface area (Å²) in [5.41, 5.74) is 8.81. The Morgan fingerprint density at radius 1 is 0.705 bits per heavy atom. The van der Waals surface area contributed by atoms with E-state index in [2.05, 4.69) is 37.5 Å². The fraction of sp³-hybridized carbons (Fsp3) is 0.472. The number of hydrogen-bond acceptors (Lipinski definition) is 7. The Hall–Kier alpha value is -3.75. The van der Waals surface area contributed by atoms with Gasteiger partial charge in [0.25, 0.3) is 0 Å².